The van der Waals surface area contributed by atoms with Gasteiger partial charge in [0.2, 0.25) is 5.89 Å². The van der Waals surface area contributed by atoms with Crippen LogP contribution in [0.15, 0.2) is 32.3 Å². The largest absolute Gasteiger partial charge is 0.481 e. The third kappa shape index (κ3) is 3.11. The zero-order valence-corrected chi connectivity index (χ0v) is 11.8. The van der Waals surface area contributed by atoms with Gasteiger partial charge < -0.3 is 9.52 Å². The van der Waals surface area contributed by atoms with Crippen LogP contribution >= 0.6 is 27.7 Å². The predicted octanol–water partition coefficient (Wildman–Crippen LogP) is 2.98. The second-order valence-corrected chi connectivity index (χ2v) is 5.32. The molecule has 0 radical (unpaired) electrons. The van der Waals surface area contributed by atoms with Gasteiger partial charge in [0.1, 0.15) is 5.75 Å². The Balaban J connectivity index is 2.23. The summed E-state index contributed by atoms with van der Waals surface area (Å²) in [5, 5.41) is 16.5. The van der Waals surface area contributed by atoms with Crippen molar-refractivity contribution in [1.82, 2.24) is 10.2 Å². The van der Waals surface area contributed by atoms with Crippen LogP contribution in [0.25, 0.3) is 11.5 Å². The summed E-state index contributed by atoms with van der Waals surface area (Å²) in [5.74, 6) is -0.647. The summed E-state index contributed by atoms with van der Waals surface area (Å²) in [6.07, 6.45) is 0. The first-order chi connectivity index (χ1) is 8.56. The molecule has 1 aromatic heterocycles. The molecule has 0 bridgehead atoms. The van der Waals surface area contributed by atoms with E-state index in [9.17, 15) is 4.79 Å². The highest BCUT2D eigenvalue weighted by Crippen LogP contribution is 2.29. The molecule has 2 rings (SSSR count). The third-order valence-electron chi connectivity index (χ3n) is 2.08. The van der Waals surface area contributed by atoms with Crippen LogP contribution in [0.5, 0.6) is 0 Å². The lowest BCUT2D eigenvalue weighted by Crippen LogP contribution is -1.97. The van der Waals surface area contributed by atoms with Crippen molar-refractivity contribution in [2.24, 2.45) is 0 Å². The average Bonchev–Trinajstić information content (AvgIpc) is 2.78. The molecule has 0 amide bonds. The highest BCUT2D eigenvalue weighted by molar-refractivity contribution is 9.10. The second kappa shape index (κ2) is 5.53. The molecule has 94 valence electrons. The monoisotopic (exact) mass is 328 g/mol. The maximum Gasteiger partial charge on any atom is 0.314 e. The molecule has 1 aromatic carbocycles. The normalized spacial score (nSPS) is 10.6. The molecule has 0 aliphatic carbocycles. The van der Waals surface area contributed by atoms with Gasteiger partial charge in [0.15, 0.2) is 0 Å². The summed E-state index contributed by atoms with van der Waals surface area (Å²) >= 11 is 4.41. The van der Waals surface area contributed by atoms with E-state index in [1.807, 2.05) is 25.1 Å². The number of hydrogen-bond acceptors (Lipinski definition) is 5. The van der Waals surface area contributed by atoms with Crippen LogP contribution in [0.1, 0.15) is 5.56 Å². The number of benzene rings is 1. The van der Waals surface area contributed by atoms with Gasteiger partial charge in [0, 0.05) is 4.47 Å². The van der Waals surface area contributed by atoms with E-state index >= 15 is 0 Å². The quantitative estimate of drug-likeness (QED) is 0.869. The molecule has 5 nitrogen and oxygen atoms in total. The molecule has 0 fully saturated rings. The summed E-state index contributed by atoms with van der Waals surface area (Å²) in [6, 6.07) is 5.78. The Hall–Kier alpha value is -1.34. The minimum atomic E-state index is -0.920. The first-order valence-corrected chi connectivity index (χ1v) is 6.79. The number of aromatic nitrogens is 2. The molecule has 0 saturated heterocycles. The Morgan fingerprint density at radius 1 is 1.50 bits per heavy atom. The third-order valence-corrected chi connectivity index (χ3v) is 3.57. The number of aliphatic carboxylic acids is 1. The van der Waals surface area contributed by atoms with E-state index < -0.39 is 5.97 Å². The number of thioether (sulfide) groups is 1. The van der Waals surface area contributed by atoms with E-state index in [1.54, 1.807) is 0 Å². The van der Waals surface area contributed by atoms with Crippen LogP contribution in [0, 0.1) is 6.92 Å². The van der Waals surface area contributed by atoms with Crippen LogP contribution < -0.4 is 0 Å². The lowest BCUT2D eigenvalue weighted by molar-refractivity contribution is -0.133. The number of halogens is 1. The van der Waals surface area contributed by atoms with Crippen molar-refractivity contribution in [2.45, 2.75) is 12.1 Å². The zero-order chi connectivity index (χ0) is 13.1. The molecule has 7 heteroatoms. The molecule has 0 atom stereocenters. The van der Waals surface area contributed by atoms with Gasteiger partial charge in [-0.1, -0.05) is 23.4 Å². The van der Waals surface area contributed by atoms with Crippen LogP contribution in [-0.2, 0) is 4.79 Å². The van der Waals surface area contributed by atoms with Crippen LogP contribution in [-0.4, -0.2) is 27.0 Å². The summed E-state index contributed by atoms with van der Waals surface area (Å²) in [5.41, 5.74) is 1.87. The Bertz CT molecular complexity index is 585. The lowest BCUT2D eigenvalue weighted by Gasteiger charge is -2.00. The fourth-order valence-corrected chi connectivity index (χ4v) is 2.20. The number of carboxylic acids is 1. The Kier molecular flexibility index (Phi) is 4.03. The van der Waals surface area contributed by atoms with Gasteiger partial charge in [-0.05, 0) is 35.0 Å². The molecule has 0 unspecified atom stereocenters. The maximum absolute atomic E-state index is 10.4. The van der Waals surface area contributed by atoms with Crippen molar-refractivity contribution in [1.29, 1.82) is 0 Å². The lowest BCUT2D eigenvalue weighted by atomic mass is 10.1. The van der Waals surface area contributed by atoms with E-state index in [0.717, 1.165) is 27.4 Å². The van der Waals surface area contributed by atoms with Gasteiger partial charge >= 0.3 is 5.97 Å². The van der Waals surface area contributed by atoms with Crippen molar-refractivity contribution >= 4 is 33.7 Å². The Morgan fingerprint density at radius 3 is 3.00 bits per heavy atom. The van der Waals surface area contributed by atoms with E-state index in [0.29, 0.717) is 5.89 Å². The maximum atomic E-state index is 10.4. The molecular weight excluding hydrogens is 320 g/mol. The smallest absolute Gasteiger partial charge is 0.314 e. The van der Waals surface area contributed by atoms with Crippen LogP contribution in [0.3, 0.4) is 0 Å². The highest BCUT2D eigenvalue weighted by atomic mass is 79.9. The molecule has 2 aromatic rings. The van der Waals surface area contributed by atoms with Gasteiger partial charge in [-0.15, -0.1) is 10.2 Å². The van der Waals surface area contributed by atoms with Gasteiger partial charge in [-0.25, -0.2) is 0 Å². The van der Waals surface area contributed by atoms with Crippen LogP contribution in [0.2, 0.25) is 0 Å². The molecular formula is C11H9BrN2O3S. The molecule has 0 aliphatic heterocycles. The minimum Gasteiger partial charge on any atom is -0.481 e. The Labute approximate surface area is 116 Å². The number of hydrogen-bond donors (Lipinski definition) is 1. The first-order valence-electron chi connectivity index (χ1n) is 5.01. The van der Waals surface area contributed by atoms with Gasteiger partial charge in [0.05, 0.1) is 5.56 Å². The average molecular weight is 329 g/mol. The number of carbonyl (C=O) groups is 1. The summed E-state index contributed by atoms with van der Waals surface area (Å²) in [6.45, 7) is 1.96. The molecule has 1 heterocycles. The van der Waals surface area contributed by atoms with E-state index in [-0.39, 0.29) is 11.0 Å². The number of aryl methyl sites for hydroxylation is 1. The SMILES string of the molecule is Cc1ccc(Br)c(-c2nnc(SCC(=O)O)o2)c1. The molecule has 18 heavy (non-hydrogen) atoms. The fourth-order valence-electron chi connectivity index (χ4n) is 1.30. The van der Waals surface area contributed by atoms with E-state index in [1.165, 1.54) is 0 Å². The number of carboxylic acid groups (broad SMARTS) is 1. The fraction of sp³-hybridized carbons (Fsp3) is 0.182. The van der Waals surface area contributed by atoms with Crippen molar-refractivity contribution in [2.75, 3.05) is 5.75 Å². The minimum absolute atomic E-state index is 0.101. The van der Waals surface area contributed by atoms with E-state index in [2.05, 4.69) is 26.1 Å². The van der Waals surface area contributed by atoms with Gasteiger partial charge in [-0.2, -0.15) is 0 Å². The number of nitrogens with zero attached hydrogens (tertiary/aromatic N) is 2. The van der Waals surface area contributed by atoms with Crippen molar-refractivity contribution in [3.63, 3.8) is 0 Å². The topological polar surface area (TPSA) is 76.2 Å². The number of rotatable bonds is 4. The van der Waals surface area contributed by atoms with Crippen molar-refractivity contribution < 1.29 is 14.3 Å². The van der Waals surface area contributed by atoms with Crippen molar-refractivity contribution in [3.05, 3.63) is 28.2 Å². The first kappa shape index (κ1) is 13.1. The van der Waals surface area contributed by atoms with Crippen molar-refractivity contribution in [3.8, 4) is 11.5 Å². The van der Waals surface area contributed by atoms with Crippen LogP contribution in [0.4, 0.5) is 0 Å². The van der Waals surface area contributed by atoms with Gasteiger partial charge in [-0.3, -0.25) is 4.79 Å². The Morgan fingerprint density at radius 2 is 2.28 bits per heavy atom. The standard InChI is InChI=1S/C11H9BrN2O3S/c1-6-2-3-8(12)7(4-6)10-13-14-11(17-10)18-5-9(15)16/h2-4H,5H2,1H3,(H,15,16). The summed E-state index contributed by atoms with van der Waals surface area (Å²) in [4.78, 5) is 10.4. The van der Waals surface area contributed by atoms with E-state index in [4.69, 9.17) is 9.52 Å². The molecule has 0 aliphatic rings. The zero-order valence-electron chi connectivity index (χ0n) is 9.38. The summed E-state index contributed by atoms with van der Waals surface area (Å²) < 4.78 is 6.26. The highest BCUT2D eigenvalue weighted by Gasteiger charge is 2.13. The molecule has 0 spiro atoms. The predicted molar refractivity (Wildman–Crippen MR) is 70.5 cm³/mol. The van der Waals surface area contributed by atoms with Gasteiger partial charge in [0.25, 0.3) is 5.22 Å². The molecule has 1 N–H and O–H groups in total. The second-order valence-electron chi connectivity index (χ2n) is 3.54. The summed E-state index contributed by atoms with van der Waals surface area (Å²) in [7, 11) is 0. The molecule has 0 saturated carbocycles.